The van der Waals surface area contributed by atoms with Crippen molar-refractivity contribution in [1.29, 1.82) is 5.41 Å². The number of aryl methyl sites for hydroxylation is 3. The van der Waals surface area contributed by atoms with Gasteiger partial charge in [-0.05, 0) is 120 Å². The lowest BCUT2D eigenvalue weighted by Crippen LogP contribution is -2.51. The van der Waals surface area contributed by atoms with Crippen molar-refractivity contribution in [2.24, 2.45) is 14.1 Å². The number of halogens is 4. The first-order chi connectivity index (χ1) is 36.8. The molecule has 7 heterocycles. The summed E-state index contributed by atoms with van der Waals surface area (Å²) in [6.45, 7) is 14.5. The first-order valence-electron chi connectivity index (χ1n) is 25.7. The molecule has 78 heavy (non-hydrogen) atoms. The van der Waals surface area contributed by atoms with E-state index in [9.17, 15) is 34.4 Å². The van der Waals surface area contributed by atoms with Gasteiger partial charge in [-0.15, -0.1) is 13.2 Å². The second kappa shape index (κ2) is 24.1. The number of benzene rings is 2. The highest BCUT2D eigenvalue weighted by Gasteiger charge is 2.35. The second-order valence-corrected chi connectivity index (χ2v) is 25.0. The zero-order chi connectivity index (χ0) is 56.8. The summed E-state index contributed by atoms with van der Waals surface area (Å²) in [5.74, 6) is 0.548. The first-order valence-corrected chi connectivity index (χ1v) is 29.4. The normalized spacial score (nSPS) is 15.9. The van der Waals surface area contributed by atoms with Gasteiger partial charge in [-0.3, -0.25) is 23.7 Å². The quantitative estimate of drug-likeness (QED) is 0.0686. The fraction of sp³-hybridized carbons (Fsp3) is 0.436. The van der Waals surface area contributed by atoms with Gasteiger partial charge in [0.15, 0.2) is 19.7 Å². The molecule has 23 heteroatoms. The highest BCUT2D eigenvalue weighted by atomic mass is 32.2. The number of hydrogen-bond acceptors (Lipinski definition) is 14. The number of ether oxygens (including phenoxy) is 2. The number of anilines is 2. The number of pyridine rings is 2. The van der Waals surface area contributed by atoms with Crippen LogP contribution in [0.15, 0.2) is 97.7 Å². The molecule has 0 radical (unpaired) electrons. The van der Waals surface area contributed by atoms with E-state index >= 15 is 0 Å². The molecule has 0 spiro atoms. The molecule has 7 aromatic rings. The summed E-state index contributed by atoms with van der Waals surface area (Å²) in [7, 11) is -0.637. The van der Waals surface area contributed by atoms with Crippen LogP contribution in [0.2, 0.25) is 0 Å². The Kier molecular flexibility index (Phi) is 18.2. The Hall–Kier alpha value is -6.69. The van der Waals surface area contributed by atoms with Crippen LogP contribution < -0.4 is 14.8 Å². The Balaban J connectivity index is 0.000000220. The Bertz CT molecular complexity index is 3420. The van der Waals surface area contributed by atoms with Gasteiger partial charge >= 0.3 is 6.36 Å². The molecule has 2 aliphatic heterocycles. The van der Waals surface area contributed by atoms with E-state index in [1.165, 1.54) is 6.07 Å². The van der Waals surface area contributed by atoms with E-state index in [0.29, 0.717) is 62.3 Å². The molecule has 2 aliphatic rings. The number of hydrogen-bond donors (Lipinski definition) is 2. The molecule has 0 saturated carbocycles. The molecule has 2 saturated heterocycles. The van der Waals surface area contributed by atoms with Crippen LogP contribution in [0.3, 0.4) is 0 Å². The number of sulfone groups is 2. The number of nitrogens with zero attached hydrogens (tertiary/aromatic N) is 9. The highest BCUT2D eigenvalue weighted by Crippen LogP contribution is 2.34. The molecule has 2 fully saturated rings. The molecule has 420 valence electrons. The monoisotopic (exact) mass is 1120 g/mol. The number of methoxy groups -OCH3 is 1. The maximum Gasteiger partial charge on any atom is 0.573 e. The van der Waals surface area contributed by atoms with Gasteiger partial charge in [0.25, 0.3) is 0 Å². The molecule has 0 amide bonds. The van der Waals surface area contributed by atoms with E-state index in [2.05, 4.69) is 57.7 Å². The average Bonchev–Trinajstić information content (AvgIpc) is 4.27. The van der Waals surface area contributed by atoms with E-state index in [-0.39, 0.29) is 45.3 Å². The summed E-state index contributed by atoms with van der Waals surface area (Å²) in [4.78, 5) is 14.0. The molecule has 5 aromatic heterocycles. The maximum atomic E-state index is 14.9. The SMILES string of the molecule is CC.COc1ccc(-c2ccc(C(=N)CCC(C)(C)N3CCS(=O)(=O)CC3)c(Nc3cnn(C)c3)n2)cc1.Cn1cc(-n2cc(CCC(C)(C)N3CCS(=O)(=O)CC3)c3ccc(-c4ccc(OC(F)(F)F)cc4F)nc32)cn1. The Morgan fingerprint density at radius 3 is 1.85 bits per heavy atom. The van der Waals surface area contributed by atoms with Crippen molar-refractivity contribution in [1.82, 2.24) is 43.9 Å². The fourth-order valence-corrected chi connectivity index (χ4v) is 11.9. The minimum absolute atomic E-state index is 0.0399. The number of aromatic nitrogens is 7. The third-order valence-electron chi connectivity index (χ3n) is 14.1. The maximum absolute atomic E-state index is 14.9. The summed E-state index contributed by atoms with van der Waals surface area (Å²) < 4.78 is 114. The van der Waals surface area contributed by atoms with E-state index < -0.39 is 37.6 Å². The van der Waals surface area contributed by atoms with E-state index in [1.54, 1.807) is 42.0 Å². The summed E-state index contributed by atoms with van der Waals surface area (Å²) in [5, 5.41) is 21.6. The predicted molar refractivity (Wildman–Crippen MR) is 297 cm³/mol. The van der Waals surface area contributed by atoms with Crippen molar-refractivity contribution < 1.29 is 43.9 Å². The van der Waals surface area contributed by atoms with E-state index in [1.807, 2.05) is 86.5 Å². The van der Waals surface area contributed by atoms with Gasteiger partial charge in [-0.25, -0.2) is 31.2 Å². The molecule has 0 bridgehead atoms. The number of rotatable bonds is 16. The molecule has 2 aromatic carbocycles. The van der Waals surface area contributed by atoms with Crippen LogP contribution in [-0.2, 0) is 40.2 Å². The Labute approximate surface area is 453 Å². The van der Waals surface area contributed by atoms with Gasteiger partial charge in [-0.1, -0.05) is 13.8 Å². The molecular weight excluding hydrogens is 1050 g/mol. The van der Waals surface area contributed by atoms with Crippen LogP contribution in [0.1, 0.15) is 71.9 Å². The van der Waals surface area contributed by atoms with Crippen molar-refractivity contribution in [3.63, 3.8) is 0 Å². The lowest BCUT2D eigenvalue weighted by Gasteiger charge is -2.41. The molecule has 17 nitrogen and oxygen atoms in total. The van der Waals surface area contributed by atoms with Crippen LogP contribution >= 0.6 is 0 Å². The van der Waals surface area contributed by atoms with Crippen LogP contribution in [0.5, 0.6) is 11.5 Å². The zero-order valence-electron chi connectivity index (χ0n) is 45.5. The van der Waals surface area contributed by atoms with E-state index in [4.69, 9.17) is 20.1 Å². The number of alkyl halides is 3. The Morgan fingerprint density at radius 2 is 1.29 bits per heavy atom. The van der Waals surface area contributed by atoms with Crippen molar-refractivity contribution >= 4 is 47.9 Å². The van der Waals surface area contributed by atoms with Crippen LogP contribution in [0.4, 0.5) is 29.1 Å². The van der Waals surface area contributed by atoms with Crippen molar-refractivity contribution in [3.05, 3.63) is 115 Å². The van der Waals surface area contributed by atoms with Crippen molar-refractivity contribution in [3.8, 4) is 39.7 Å². The topological polar surface area (TPSA) is 195 Å². The summed E-state index contributed by atoms with van der Waals surface area (Å²) in [6.07, 6.45) is 6.84. The number of fused-ring (bicyclic) bond motifs is 1. The molecule has 0 atom stereocenters. The van der Waals surface area contributed by atoms with Gasteiger partial charge in [0.1, 0.15) is 28.8 Å². The molecule has 0 unspecified atom stereocenters. The van der Waals surface area contributed by atoms with E-state index in [0.717, 1.165) is 63.8 Å². The highest BCUT2D eigenvalue weighted by molar-refractivity contribution is 7.91. The molecule has 9 rings (SSSR count). The van der Waals surface area contributed by atoms with Gasteiger partial charge in [-0.2, -0.15) is 10.2 Å². The fourth-order valence-electron chi connectivity index (χ4n) is 9.45. The van der Waals surface area contributed by atoms with Gasteiger partial charge in [0, 0.05) is 104 Å². The molecule has 0 aliphatic carbocycles. The third-order valence-corrected chi connectivity index (χ3v) is 17.3. The smallest absolute Gasteiger partial charge is 0.497 e. The second-order valence-electron chi connectivity index (χ2n) is 20.4. The summed E-state index contributed by atoms with van der Waals surface area (Å²) in [6, 6.07) is 18.0. The molecular formula is C55H69F4N11O6S2. The standard InChI is InChI=1S/C27H29F4N5O3S.C26H34N6O3S.C2H6/c1-26(2,35-10-12-40(37,38)13-11-35)9-8-18-16-36(19-15-32-34(3)17-19)25-21(18)6-7-24(33-25)22-5-4-20(14-23(22)28)39-27(29,30)31;1-26(2,32-13-15-36(33,34)16-14-32)12-11-23(27)22-9-10-24(19-5-7-21(35-4)8-6-19)30-25(22)29-20-17-28-31(3)18-20;1-2/h4-7,14-17H,8-13H2,1-3H3;5-10,17-18,27H,11-16H2,1-4H3,(H,29,30);1-2H3. The largest absolute Gasteiger partial charge is 0.573 e. The van der Waals surface area contributed by atoms with Crippen molar-refractivity contribution in [2.75, 3.05) is 61.6 Å². The summed E-state index contributed by atoms with van der Waals surface area (Å²) in [5.41, 5.74) is 5.89. The van der Waals surface area contributed by atoms with Crippen LogP contribution in [0, 0.1) is 11.2 Å². The first kappa shape index (κ1) is 59.0. The minimum Gasteiger partial charge on any atom is -0.497 e. The zero-order valence-corrected chi connectivity index (χ0v) is 47.2. The lowest BCUT2D eigenvalue weighted by atomic mass is 9.92. The Morgan fingerprint density at radius 1 is 0.718 bits per heavy atom. The molecule has 2 N–H and O–H groups in total. The lowest BCUT2D eigenvalue weighted by molar-refractivity contribution is -0.274. The minimum atomic E-state index is -4.92. The predicted octanol–water partition coefficient (Wildman–Crippen LogP) is 9.82. The van der Waals surface area contributed by atoms with Crippen LogP contribution in [0.25, 0.3) is 39.2 Å². The third kappa shape index (κ3) is 14.9. The number of nitrogens with one attached hydrogen (secondary N) is 2. The van der Waals surface area contributed by atoms with Gasteiger partial charge in [0.05, 0.1) is 65.3 Å². The van der Waals surface area contributed by atoms with Crippen molar-refractivity contribution in [2.45, 2.75) is 84.7 Å². The van der Waals surface area contributed by atoms with Crippen LogP contribution in [-0.4, -0.2) is 140 Å². The average molecular weight is 1120 g/mol. The van der Waals surface area contributed by atoms with Gasteiger partial charge < -0.3 is 20.2 Å². The van der Waals surface area contributed by atoms with Gasteiger partial charge in [0.2, 0.25) is 0 Å². The summed E-state index contributed by atoms with van der Waals surface area (Å²) >= 11 is 0.